The van der Waals surface area contributed by atoms with Crippen LogP contribution in [-0.2, 0) is 20.9 Å². The first-order valence-corrected chi connectivity index (χ1v) is 9.28. The highest BCUT2D eigenvalue weighted by Crippen LogP contribution is 2.36. The molecule has 1 aliphatic rings. The molecule has 0 fully saturated rings. The average molecular weight is 400 g/mol. The lowest BCUT2D eigenvalue weighted by Gasteiger charge is -2.27. The molecular formula is C14H17FN6O5S. The minimum absolute atomic E-state index is 0.00776. The van der Waals surface area contributed by atoms with E-state index in [1.807, 2.05) is 5.48 Å². The van der Waals surface area contributed by atoms with Crippen molar-refractivity contribution in [1.29, 1.82) is 0 Å². The van der Waals surface area contributed by atoms with E-state index >= 15 is 0 Å². The van der Waals surface area contributed by atoms with Crippen LogP contribution in [-0.4, -0.2) is 42.4 Å². The molecule has 11 nitrogen and oxygen atoms in total. The fourth-order valence-electron chi connectivity index (χ4n) is 2.63. The van der Waals surface area contributed by atoms with Crippen molar-refractivity contribution in [3.8, 4) is 0 Å². The number of benzene rings is 1. The van der Waals surface area contributed by atoms with Crippen molar-refractivity contribution in [2.24, 2.45) is 10.1 Å². The van der Waals surface area contributed by atoms with Crippen LogP contribution in [0.3, 0.4) is 0 Å². The molecule has 13 heteroatoms. The van der Waals surface area contributed by atoms with Crippen LogP contribution in [0.15, 0.2) is 27.8 Å². The number of nitrogens with two attached hydrogens (primary N) is 1. The Morgan fingerprint density at radius 1 is 1.56 bits per heavy atom. The number of rotatable bonds is 7. The molecule has 3 rings (SSSR count). The van der Waals surface area contributed by atoms with Gasteiger partial charge in [0.1, 0.15) is 5.82 Å². The number of fused-ring (bicyclic) bond motifs is 1. The van der Waals surface area contributed by atoms with Crippen LogP contribution in [0.4, 0.5) is 10.2 Å². The van der Waals surface area contributed by atoms with Gasteiger partial charge in [0.05, 0.1) is 12.1 Å². The first kappa shape index (κ1) is 19.2. The third-order valence-electron chi connectivity index (χ3n) is 3.84. The van der Waals surface area contributed by atoms with E-state index in [4.69, 9.17) is 5.14 Å². The lowest BCUT2D eigenvalue weighted by atomic mass is 9.83. The number of nitrogens with one attached hydrogen (secondary N) is 2. The van der Waals surface area contributed by atoms with Gasteiger partial charge in [0, 0.05) is 6.54 Å². The summed E-state index contributed by atoms with van der Waals surface area (Å²) in [6.07, 6.45) is -0.220. The molecule has 1 aromatic carbocycles. The van der Waals surface area contributed by atoms with E-state index in [1.54, 1.807) is 6.07 Å². The summed E-state index contributed by atoms with van der Waals surface area (Å²) in [6.45, 7) is 1.48. The van der Waals surface area contributed by atoms with Gasteiger partial charge in [-0.25, -0.2) is 14.2 Å². The van der Waals surface area contributed by atoms with Crippen molar-refractivity contribution in [3.63, 3.8) is 0 Å². The summed E-state index contributed by atoms with van der Waals surface area (Å²) in [5.41, 5.74) is 3.66. The Morgan fingerprint density at radius 2 is 2.33 bits per heavy atom. The Kier molecular flexibility index (Phi) is 5.36. The third-order valence-corrected chi connectivity index (χ3v) is 4.44. The van der Waals surface area contributed by atoms with Crippen molar-refractivity contribution < 1.29 is 26.8 Å². The second kappa shape index (κ2) is 7.56. The number of halogens is 1. The number of aliphatic imine (C=N–C) groups is 1. The maximum absolute atomic E-state index is 13.4. The molecule has 2 atom stereocenters. The van der Waals surface area contributed by atoms with Crippen molar-refractivity contribution >= 4 is 22.0 Å². The molecule has 1 aliphatic carbocycles. The molecule has 27 heavy (non-hydrogen) atoms. The molecule has 0 spiro atoms. The highest BCUT2D eigenvalue weighted by molar-refractivity contribution is 7.84. The largest absolute Gasteiger partial charge is 0.363 e. The zero-order chi connectivity index (χ0) is 19.6. The van der Waals surface area contributed by atoms with Crippen molar-refractivity contribution in [2.45, 2.75) is 25.5 Å². The number of nitrogens with zero attached hydrogens (tertiary/aromatic N) is 3. The van der Waals surface area contributed by atoms with Crippen LogP contribution >= 0.6 is 0 Å². The fourth-order valence-corrected chi connectivity index (χ4v) is 3.15. The summed E-state index contributed by atoms with van der Waals surface area (Å²) in [6, 6.07) is 4.08. The number of hydrogen-bond acceptors (Lipinski definition) is 9. The first-order valence-electron chi connectivity index (χ1n) is 7.81. The highest BCUT2D eigenvalue weighted by Gasteiger charge is 2.28. The van der Waals surface area contributed by atoms with E-state index in [0.29, 0.717) is 12.0 Å². The van der Waals surface area contributed by atoms with E-state index in [0.717, 1.165) is 5.56 Å². The summed E-state index contributed by atoms with van der Waals surface area (Å²) in [5.74, 6) is -0.320. The van der Waals surface area contributed by atoms with Gasteiger partial charge in [0.2, 0.25) is 5.82 Å². The Bertz CT molecular complexity index is 963. The molecule has 1 unspecified atom stereocenters. The minimum Gasteiger partial charge on any atom is -0.363 e. The summed E-state index contributed by atoms with van der Waals surface area (Å²) in [7, 11) is -4.10. The summed E-state index contributed by atoms with van der Waals surface area (Å²) < 4.78 is 44.4. The van der Waals surface area contributed by atoms with Gasteiger partial charge < -0.3 is 5.32 Å². The standard InChI is InChI=1S/C14H17FN6O5S/c1-7(25-27(16,23)24)6-17-13-12(20-26-21-13)14(19-22)18-11-4-8-2-3-9(15)5-10(8)11/h2-3,5,7,11,22H,4,6H2,1H3,(H,17,21)(H,18,19)(H2,16,23,24)/t7?,11-/m0/s1. The second-order valence-electron chi connectivity index (χ2n) is 5.89. The lowest BCUT2D eigenvalue weighted by molar-refractivity contribution is 0.232. The Labute approximate surface area is 153 Å². The maximum atomic E-state index is 13.4. The zero-order valence-electron chi connectivity index (χ0n) is 14.1. The molecule has 146 valence electrons. The van der Waals surface area contributed by atoms with E-state index in [2.05, 4.69) is 29.4 Å². The average Bonchev–Trinajstić information content (AvgIpc) is 3.03. The normalized spacial score (nSPS) is 17.8. The number of hydrogen-bond donors (Lipinski definition) is 4. The molecule has 0 bridgehead atoms. The van der Waals surface area contributed by atoms with Crippen LogP contribution in [0.5, 0.6) is 0 Å². The molecular weight excluding hydrogens is 383 g/mol. The number of anilines is 1. The van der Waals surface area contributed by atoms with Crippen molar-refractivity contribution in [1.82, 2.24) is 15.8 Å². The van der Waals surface area contributed by atoms with Crippen LogP contribution in [0.1, 0.15) is 29.8 Å². The topological polar surface area (TPSA) is 165 Å². The first-order chi connectivity index (χ1) is 12.8. The summed E-state index contributed by atoms with van der Waals surface area (Å²) in [5, 5.41) is 24.3. The second-order valence-corrected chi connectivity index (χ2v) is 7.07. The van der Waals surface area contributed by atoms with Gasteiger partial charge in [-0.3, -0.25) is 19.9 Å². The van der Waals surface area contributed by atoms with Crippen LogP contribution in [0.25, 0.3) is 0 Å². The Balaban J connectivity index is 1.73. The van der Waals surface area contributed by atoms with Gasteiger partial charge in [-0.1, -0.05) is 6.07 Å². The number of amidine groups is 1. The predicted octanol–water partition coefficient (Wildman–Crippen LogP) is 0.252. The van der Waals surface area contributed by atoms with E-state index in [1.165, 1.54) is 19.1 Å². The number of aromatic nitrogens is 2. The minimum atomic E-state index is -4.10. The molecule has 2 aromatic rings. The summed E-state index contributed by atoms with van der Waals surface area (Å²) in [4.78, 5) is 4.31. The SMILES string of the molecule is CC(CNc1nonc1C(=N[C@H]1Cc2ccc(F)cc21)NO)OS(N)(=O)=O. The van der Waals surface area contributed by atoms with E-state index < -0.39 is 16.4 Å². The van der Waals surface area contributed by atoms with Crippen LogP contribution < -0.4 is 15.9 Å². The monoisotopic (exact) mass is 400 g/mol. The van der Waals surface area contributed by atoms with Gasteiger partial charge in [-0.05, 0) is 46.9 Å². The van der Waals surface area contributed by atoms with Crippen LogP contribution in [0.2, 0.25) is 0 Å². The number of hydroxylamine groups is 1. The molecule has 0 aliphatic heterocycles. The Hall–Kier alpha value is -2.61. The quantitative estimate of drug-likeness (QED) is 0.289. The van der Waals surface area contributed by atoms with E-state index in [-0.39, 0.29) is 35.8 Å². The van der Waals surface area contributed by atoms with E-state index in [9.17, 15) is 18.0 Å². The predicted molar refractivity (Wildman–Crippen MR) is 90.7 cm³/mol. The molecule has 0 saturated heterocycles. The molecule has 1 heterocycles. The lowest BCUT2D eigenvalue weighted by Crippen LogP contribution is -2.29. The fraction of sp³-hybridized carbons (Fsp3) is 0.357. The smallest absolute Gasteiger partial charge is 0.333 e. The molecule has 0 amide bonds. The van der Waals surface area contributed by atoms with Gasteiger partial charge in [0.25, 0.3) is 0 Å². The van der Waals surface area contributed by atoms with Crippen LogP contribution in [0, 0.1) is 5.82 Å². The van der Waals surface area contributed by atoms with Crippen molar-refractivity contribution in [2.75, 3.05) is 11.9 Å². The third kappa shape index (κ3) is 4.57. The Morgan fingerprint density at radius 3 is 3.04 bits per heavy atom. The zero-order valence-corrected chi connectivity index (χ0v) is 14.9. The van der Waals surface area contributed by atoms with Crippen molar-refractivity contribution in [3.05, 3.63) is 40.8 Å². The molecule has 0 saturated carbocycles. The van der Waals surface area contributed by atoms with Gasteiger partial charge in [-0.2, -0.15) is 8.42 Å². The molecule has 0 radical (unpaired) electrons. The summed E-state index contributed by atoms with van der Waals surface area (Å²) >= 11 is 0. The molecule has 1 aromatic heterocycles. The maximum Gasteiger partial charge on any atom is 0.333 e. The molecule has 5 N–H and O–H groups in total. The highest BCUT2D eigenvalue weighted by atomic mass is 32.2. The van der Waals surface area contributed by atoms with Gasteiger partial charge in [0.15, 0.2) is 11.5 Å². The van der Waals surface area contributed by atoms with Gasteiger partial charge in [-0.15, -0.1) is 0 Å². The van der Waals surface area contributed by atoms with Gasteiger partial charge >= 0.3 is 10.3 Å².